The summed E-state index contributed by atoms with van der Waals surface area (Å²) in [6.07, 6.45) is 0. The quantitative estimate of drug-likeness (QED) is 0.702. The zero-order chi connectivity index (χ0) is 19.3. The molecule has 4 nitrogen and oxygen atoms in total. The van der Waals surface area contributed by atoms with E-state index in [0.717, 1.165) is 5.56 Å². The molecule has 0 atom stereocenters. The number of rotatable bonds is 6. The molecule has 2 rings (SSSR count). The van der Waals surface area contributed by atoms with Crippen molar-refractivity contribution in [2.45, 2.75) is 27.3 Å². The first-order valence-corrected chi connectivity index (χ1v) is 9.11. The van der Waals surface area contributed by atoms with Crippen LogP contribution in [0.5, 0.6) is 0 Å². The van der Waals surface area contributed by atoms with E-state index in [-0.39, 0.29) is 5.91 Å². The van der Waals surface area contributed by atoms with E-state index in [9.17, 15) is 9.59 Å². The van der Waals surface area contributed by atoms with Crippen LogP contribution < -0.4 is 5.32 Å². The zero-order valence-corrected chi connectivity index (χ0v) is 16.6. The molecule has 1 N–H and O–H groups in total. The average molecular weight is 393 g/mol. The predicted molar refractivity (Wildman–Crippen MR) is 106 cm³/mol. The van der Waals surface area contributed by atoms with Gasteiger partial charge in [0.2, 0.25) is 11.8 Å². The average Bonchev–Trinajstić information content (AvgIpc) is 2.62. The van der Waals surface area contributed by atoms with Crippen LogP contribution in [0.4, 0.5) is 5.69 Å². The molecule has 0 saturated carbocycles. The van der Waals surface area contributed by atoms with Gasteiger partial charge in [-0.1, -0.05) is 53.5 Å². The molecule has 0 saturated heterocycles. The third-order valence-corrected chi connectivity index (χ3v) is 4.71. The third kappa shape index (κ3) is 4.77. The number of halogens is 2. The Labute approximate surface area is 164 Å². The number of anilines is 1. The van der Waals surface area contributed by atoms with Crippen LogP contribution in [0.3, 0.4) is 0 Å². The van der Waals surface area contributed by atoms with Crippen molar-refractivity contribution in [3.63, 3.8) is 0 Å². The summed E-state index contributed by atoms with van der Waals surface area (Å²) in [7, 11) is 0. The molecule has 138 valence electrons. The van der Waals surface area contributed by atoms with Crippen LogP contribution in [0.2, 0.25) is 10.0 Å². The Balaban J connectivity index is 2.15. The molecule has 0 heterocycles. The lowest BCUT2D eigenvalue weighted by Gasteiger charge is -2.30. The zero-order valence-electron chi connectivity index (χ0n) is 15.1. The second-order valence-electron chi connectivity index (χ2n) is 6.51. The second kappa shape index (κ2) is 8.56. The minimum absolute atomic E-state index is 0.244. The van der Waals surface area contributed by atoms with E-state index in [4.69, 9.17) is 23.2 Å². The second-order valence-corrected chi connectivity index (χ2v) is 7.35. The van der Waals surface area contributed by atoms with Gasteiger partial charge in [-0.2, -0.15) is 0 Å². The number of carbonyl (C=O) groups excluding carboxylic acids is 2. The summed E-state index contributed by atoms with van der Waals surface area (Å²) >= 11 is 12.0. The molecular weight excluding hydrogens is 371 g/mol. The predicted octanol–water partition coefficient (Wildman–Crippen LogP) is 5.01. The standard InChI is InChI=1S/C20H22Cl2N2O2/c1-4-24(13-14-8-6-5-7-9-14)19(26)20(2,3)18(25)23-17-11-10-15(21)12-16(17)22/h5-12H,4,13H2,1-3H3,(H,23,25). The van der Waals surface area contributed by atoms with E-state index in [1.165, 1.54) is 0 Å². The van der Waals surface area contributed by atoms with Gasteiger partial charge in [-0.25, -0.2) is 0 Å². The van der Waals surface area contributed by atoms with Crippen molar-refractivity contribution in [2.75, 3.05) is 11.9 Å². The molecule has 0 bridgehead atoms. The monoisotopic (exact) mass is 392 g/mol. The van der Waals surface area contributed by atoms with Crippen molar-refractivity contribution >= 4 is 40.7 Å². The summed E-state index contributed by atoms with van der Waals surface area (Å²) in [5, 5.41) is 3.52. The summed E-state index contributed by atoms with van der Waals surface area (Å²) in [6, 6.07) is 14.5. The van der Waals surface area contributed by atoms with E-state index in [0.29, 0.717) is 28.8 Å². The molecule has 6 heteroatoms. The van der Waals surface area contributed by atoms with Gasteiger partial charge in [-0.3, -0.25) is 9.59 Å². The SMILES string of the molecule is CCN(Cc1ccccc1)C(=O)C(C)(C)C(=O)Nc1ccc(Cl)cc1Cl. The van der Waals surface area contributed by atoms with Gasteiger partial charge in [-0.05, 0) is 44.5 Å². The number of nitrogens with one attached hydrogen (secondary N) is 1. The number of carbonyl (C=O) groups is 2. The van der Waals surface area contributed by atoms with Crippen LogP contribution in [0.15, 0.2) is 48.5 Å². The minimum atomic E-state index is -1.24. The molecule has 0 unspecified atom stereocenters. The van der Waals surface area contributed by atoms with Crippen molar-refractivity contribution in [1.29, 1.82) is 0 Å². The van der Waals surface area contributed by atoms with Gasteiger partial charge in [0.15, 0.2) is 0 Å². The summed E-state index contributed by atoms with van der Waals surface area (Å²) < 4.78 is 0. The molecule has 2 aromatic rings. The lowest BCUT2D eigenvalue weighted by Crippen LogP contribution is -2.47. The Kier molecular flexibility index (Phi) is 6.68. The number of benzene rings is 2. The Bertz CT molecular complexity index is 792. The van der Waals surface area contributed by atoms with Crippen molar-refractivity contribution in [3.05, 3.63) is 64.1 Å². The molecule has 0 fully saturated rings. The molecule has 0 aliphatic heterocycles. The lowest BCUT2D eigenvalue weighted by atomic mass is 9.90. The number of hydrogen-bond acceptors (Lipinski definition) is 2. The molecule has 2 amide bonds. The van der Waals surface area contributed by atoms with Crippen molar-refractivity contribution in [1.82, 2.24) is 4.90 Å². The summed E-state index contributed by atoms with van der Waals surface area (Å²) in [5.74, 6) is -0.662. The van der Waals surface area contributed by atoms with Gasteiger partial charge < -0.3 is 10.2 Å². The third-order valence-electron chi connectivity index (χ3n) is 4.17. The van der Waals surface area contributed by atoms with Crippen LogP contribution in [0, 0.1) is 5.41 Å². The molecule has 0 aliphatic carbocycles. The molecular formula is C20H22Cl2N2O2. The highest BCUT2D eigenvalue weighted by Crippen LogP contribution is 2.28. The van der Waals surface area contributed by atoms with Crippen LogP contribution in [-0.2, 0) is 16.1 Å². The molecule has 26 heavy (non-hydrogen) atoms. The number of amides is 2. The van der Waals surface area contributed by atoms with E-state index in [2.05, 4.69) is 5.32 Å². The summed E-state index contributed by atoms with van der Waals surface area (Å²) in [5.41, 5.74) is 0.195. The van der Waals surface area contributed by atoms with E-state index >= 15 is 0 Å². The fourth-order valence-electron chi connectivity index (χ4n) is 2.49. The van der Waals surface area contributed by atoms with Crippen LogP contribution in [0.25, 0.3) is 0 Å². The van der Waals surface area contributed by atoms with Gasteiger partial charge >= 0.3 is 0 Å². The van der Waals surface area contributed by atoms with Gasteiger partial charge in [-0.15, -0.1) is 0 Å². The summed E-state index contributed by atoms with van der Waals surface area (Å²) in [6.45, 7) is 6.08. The maximum atomic E-state index is 13.0. The van der Waals surface area contributed by atoms with E-state index in [1.807, 2.05) is 37.3 Å². The first-order valence-electron chi connectivity index (χ1n) is 8.35. The largest absolute Gasteiger partial charge is 0.338 e. The highest BCUT2D eigenvalue weighted by Gasteiger charge is 2.39. The van der Waals surface area contributed by atoms with Gasteiger partial charge in [0, 0.05) is 18.1 Å². The smallest absolute Gasteiger partial charge is 0.239 e. The molecule has 0 aliphatic rings. The van der Waals surface area contributed by atoms with E-state index in [1.54, 1.807) is 36.9 Å². The number of hydrogen-bond donors (Lipinski definition) is 1. The van der Waals surface area contributed by atoms with Crippen LogP contribution >= 0.6 is 23.2 Å². The fraction of sp³-hybridized carbons (Fsp3) is 0.300. The van der Waals surface area contributed by atoms with Crippen LogP contribution in [-0.4, -0.2) is 23.3 Å². The van der Waals surface area contributed by atoms with E-state index < -0.39 is 11.3 Å². The Morgan fingerprint density at radius 1 is 1.08 bits per heavy atom. The summed E-state index contributed by atoms with van der Waals surface area (Å²) in [4.78, 5) is 27.4. The lowest BCUT2D eigenvalue weighted by molar-refractivity contribution is -0.146. The Hall–Kier alpha value is -2.04. The normalized spacial score (nSPS) is 11.1. The highest BCUT2D eigenvalue weighted by molar-refractivity contribution is 6.36. The van der Waals surface area contributed by atoms with Crippen LogP contribution in [0.1, 0.15) is 26.3 Å². The topological polar surface area (TPSA) is 49.4 Å². The fourth-order valence-corrected chi connectivity index (χ4v) is 2.95. The van der Waals surface area contributed by atoms with Crippen molar-refractivity contribution < 1.29 is 9.59 Å². The first kappa shape index (κ1) is 20.3. The van der Waals surface area contributed by atoms with Gasteiger partial charge in [0.25, 0.3) is 0 Å². The molecule has 0 radical (unpaired) electrons. The maximum Gasteiger partial charge on any atom is 0.239 e. The Morgan fingerprint density at radius 2 is 1.73 bits per heavy atom. The Morgan fingerprint density at radius 3 is 2.31 bits per heavy atom. The first-order chi connectivity index (χ1) is 12.3. The minimum Gasteiger partial charge on any atom is -0.338 e. The molecule has 0 aromatic heterocycles. The molecule has 2 aromatic carbocycles. The number of nitrogens with zero attached hydrogens (tertiary/aromatic N) is 1. The van der Waals surface area contributed by atoms with Gasteiger partial charge in [0.1, 0.15) is 5.41 Å². The maximum absolute atomic E-state index is 13.0. The van der Waals surface area contributed by atoms with Crippen molar-refractivity contribution in [3.8, 4) is 0 Å². The highest BCUT2D eigenvalue weighted by atomic mass is 35.5. The molecule has 0 spiro atoms. The van der Waals surface area contributed by atoms with Crippen molar-refractivity contribution in [2.24, 2.45) is 5.41 Å². The van der Waals surface area contributed by atoms with Gasteiger partial charge in [0.05, 0.1) is 10.7 Å².